The van der Waals surface area contributed by atoms with Crippen LogP contribution >= 0.6 is 0 Å². The van der Waals surface area contributed by atoms with E-state index in [0.717, 1.165) is 0 Å². The maximum absolute atomic E-state index is 14.7. The first-order valence-electron chi connectivity index (χ1n) is 20.7. The molecule has 16 nitrogen and oxygen atoms in total. The first-order chi connectivity index (χ1) is 28.6. The minimum absolute atomic E-state index is 0.0113. The number of carbonyl (C=O) groups is 5. The number of nitrogens with zero attached hydrogens (tertiary/aromatic N) is 3. The molecular formula is C45H60N4O12. The summed E-state index contributed by atoms with van der Waals surface area (Å²) in [5.41, 5.74) is -1.81. The zero-order valence-electron chi connectivity index (χ0n) is 36.8. The van der Waals surface area contributed by atoms with Crippen molar-refractivity contribution in [2.24, 2.45) is 28.8 Å². The Morgan fingerprint density at radius 3 is 2.21 bits per heavy atom. The van der Waals surface area contributed by atoms with Crippen molar-refractivity contribution in [1.29, 1.82) is 0 Å². The number of aliphatic hydroxyl groups excluding tert-OH is 2. The van der Waals surface area contributed by atoms with E-state index in [1.807, 2.05) is 0 Å². The van der Waals surface area contributed by atoms with Crippen LogP contribution in [0.15, 0.2) is 52.5 Å². The number of hydrazone groups is 1. The summed E-state index contributed by atoms with van der Waals surface area (Å²) >= 11 is 0. The number of Topliss-reactive ketones (excluding diaryl/α,β-unsaturated/α-hetero) is 3. The average molecular weight is 849 g/mol. The number of methoxy groups -OCH3 is 1. The molecule has 5 aliphatic rings. The predicted molar refractivity (Wildman–Crippen MR) is 225 cm³/mol. The summed E-state index contributed by atoms with van der Waals surface area (Å²) in [7, 11) is 1.43. The van der Waals surface area contributed by atoms with E-state index in [1.165, 1.54) is 59.4 Å². The topological polar surface area (TPSA) is 214 Å². The van der Waals surface area contributed by atoms with Crippen molar-refractivity contribution in [2.45, 2.75) is 105 Å². The van der Waals surface area contributed by atoms with Crippen molar-refractivity contribution in [3.8, 4) is 11.5 Å². The fraction of sp³-hybridized carbons (Fsp3) is 0.556. The number of rotatable bonds is 5. The van der Waals surface area contributed by atoms with E-state index in [9.17, 15) is 39.3 Å². The second-order valence-electron chi connectivity index (χ2n) is 16.9. The molecule has 6 rings (SSSR count). The van der Waals surface area contributed by atoms with E-state index >= 15 is 0 Å². The van der Waals surface area contributed by atoms with Crippen LogP contribution in [0.25, 0.3) is 0 Å². The van der Waals surface area contributed by atoms with Gasteiger partial charge in [-0.3, -0.25) is 33.9 Å². The van der Waals surface area contributed by atoms with Crippen LogP contribution in [-0.4, -0.2) is 130 Å². The van der Waals surface area contributed by atoms with Gasteiger partial charge in [-0.25, -0.2) is 0 Å². The molecule has 1 aromatic rings. The summed E-state index contributed by atoms with van der Waals surface area (Å²) in [5, 5.41) is 43.3. The molecule has 9 atom stereocenters. The largest absolute Gasteiger partial charge is 0.507 e. The van der Waals surface area contributed by atoms with Crippen molar-refractivity contribution >= 4 is 35.4 Å². The number of benzene rings is 1. The third-order valence-corrected chi connectivity index (χ3v) is 12.4. The normalized spacial score (nSPS) is 32.7. The number of aromatic hydroxyl groups is 1. The van der Waals surface area contributed by atoms with Crippen LogP contribution in [0.5, 0.6) is 11.5 Å². The molecule has 1 fully saturated rings. The van der Waals surface area contributed by atoms with Gasteiger partial charge >= 0.3 is 11.8 Å². The van der Waals surface area contributed by atoms with Crippen LogP contribution in [0, 0.1) is 30.6 Å². The summed E-state index contributed by atoms with van der Waals surface area (Å²) in [6.45, 7) is 19.0. The number of aliphatic hydroxyl groups is 2. The number of ether oxygens (including phenoxy) is 4. The van der Waals surface area contributed by atoms with E-state index in [-0.39, 0.29) is 28.0 Å². The summed E-state index contributed by atoms with van der Waals surface area (Å²) < 4.78 is 23.5. The summed E-state index contributed by atoms with van der Waals surface area (Å²) in [6, 6.07) is 0.322. The highest BCUT2D eigenvalue weighted by molar-refractivity contribution is 6.37. The first kappa shape index (κ1) is 46.9. The lowest BCUT2D eigenvalue weighted by molar-refractivity contribution is -0.160. The molecule has 0 spiro atoms. The van der Waals surface area contributed by atoms with Gasteiger partial charge in [0.25, 0.3) is 11.7 Å². The molecule has 4 N–H and O–H groups in total. The third-order valence-electron chi connectivity index (χ3n) is 12.4. The zero-order chi connectivity index (χ0) is 45.2. The van der Waals surface area contributed by atoms with Gasteiger partial charge in [-0.15, -0.1) is 0 Å². The van der Waals surface area contributed by atoms with E-state index in [2.05, 4.69) is 29.2 Å². The Balaban J connectivity index is 1.65. The van der Waals surface area contributed by atoms with Gasteiger partial charge in [0.1, 0.15) is 23.3 Å². The van der Waals surface area contributed by atoms with Crippen LogP contribution in [0.4, 0.5) is 0 Å². The van der Waals surface area contributed by atoms with Gasteiger partial charge < -0.3 is 39.6 Å². The van der Waals surface area contributed by atoms with Crippen LogP contribution < -0.4 is 10.1 Å². The lowest BCUT2D eigenvalue weighted by Gasteiger charge is -2.38. The Morgan fingerprint density at radius 1 is 0.951 bits per heavy atom. The highest BCUT2D eigenvalue weighted by Gasteiger charge is 2.52. The number of fused-ring (bicyclic) bond motifs is 14. The molecule has 5 bridgehead atoms. The van der Waals surface area contributed by atoms with Gasteiger partial charge in [-0.2, -0.15) is 5.10 Å². The number of carbonyl (C=O) groups excluding carboxylic acids is 5. The predicted octanol–water partition coefficient (Wildman–Crippen LogP) is 4.01. The van der Waals surface area contributed by atoms with E-state index < -0.39 is 106 Å². The molecular weight excluding hydrogens is 789 g/mol. The minimum atomic E-state index is -2.09. The Kier molecular flexibility index (Phi) is 14.5. The lowest BCUT2D eigenvalue weighted by atomic mass is 9.78. The van der Waals surface area contributed by atoms with Crippen LogP contribution in [0.2, 0.25) is 0 Å². The number of hydrogen-bond acceptors (Lipinski definition) is 15. The van der Waals surface area contributed by atoms with Gasteiger partial charge in [-0.05, 0) is 33.8 Å². The van der Waals surface area contributed by atoms with E-state index in [4.69, 9.17) is 18.9 Å². The van der Waals surface area contributed by atoms with Crippen LogP contribution in [0.3, 0.4) is 0 Å². The number of ketones is 3. The molecule has 16 heteroatoms. The number of nitrogens with one attached hydrogen (secondary N) is 1. The smallest absolute Gasteiger partial charge is 0.312 e. The standard InChI is InChI=1S/C45H60N4O12/c1-22(2)48-16-18-49(19-17-48)46-21-30-35-40(55)33-32(39(30)54)34-42(28(8)38(33)53)61-45(10,43(34)56)59-20-15-31(58-11)25(5)41(60-29(9)50)27(7)37(52)26(6)36(51)23(3)13-12-14-24(4)44(57)47-35/h12-15,20-23,25-27,31,36-37,41,51-53H,16-19H2,1-11H3,(H,47,57)/b13-12+,20-15+,24-14-,46-21+/t23-,25+,26+,27+,31-,36-,37+,41+,45-/m0/s1. The van der Waals surface area contributed by atoms with E-state index in [1.54, 1.807) is 44.9 Å². The molecule has 332 valence electrons. The molecule has 0 aromatic heterocycles. The van der Waals surface area contributed by atoms with Crippen molar-refractivity contribution in [3.63, 3.8) is 0 Å². The molecule has 0 radical (unpaired) electrons. The highest BCUT2D eigenvalue weighted by Crippen LogP contribution is 2.48. The maximum atomic E-state index is 14.7. The Hall–Kier alpha value is -5.16. The number of hydrogen-bond donors (Lipinski definition) is 4. The van der Waals surface area contributed by atoms with Gasteiger partial charge in [0, 0.05) is 88.0 Å². The number of amides is 1. The molecule has 4 aliphatic heterocycles. The third kappa shape index (κ3) is 9.37. The minimum Gasteiger partial charge on any atom is -0.507 e. The number of allylic oxidation sites excluding steroid dienone is 4. The second kappa shape index (κ2) is 18.8. The quantitative estimate of drug-likeness (QED) is 0.244. The number of phenolic OH excluding ortho intramolecular Hbond substituents is 1. The Labute approximate surface area is 356 Å². The SMILES string of the molecule is CO[C@H]1/C=C/O[C@@]2(C)Oc3c(C)c(O)c4c(c3C2=O)C(=O)C(/C=N/N2CCN(C(C)C)CC2)=C(NC(=O)/C(C)=C\C=C\[C@H](C)[C@H](O)[C@@H](C)[C@@H](O)[C@@H](C)[C@H](OC(C)=O)[C@@H]1C)C4=O. The molecule has 4 heterocycles. The molecule has 1 saturated heterocycles. The number of esters is 1. The molecule has 61 heavy (non-hydrogen) atoms. The fourth-order valence-electron chi connectivity index (χ4n) is 8.32. The summed E-state index contributed by atoms with van der Waals surface area (Å²) in [5.74, 6) is -9.35. The molecule has 1 aromatic carbocycles. The second-order valence-corrected chi connectivity index (χ2v) is 16.9. The van der Waals surface area contributed by atoms with Gasteiger partial charge in [-0.1, -0.05) is 45.9 Å². The average Bonchev–Trinajstić information content (AvgIpc) is 3.49. The van der Waals surface area contributed by atoms with Crippen LogP contribution in [0.1, 0.15) is 99.0 Å². The number of piperazine rings is 1. The van der Waals surface area contributed by atoms with Crippen molar-refractivity contribution in [1.82, 2.24) is 15.2 Å². The first-order valence-corrected chi connectivity index (χ1v) is 20.7. The van der Waals surface area contributed by atoms with Gasteiger partial charge in [0.2, 0.25) is 5.78 Å². The fourth-order valence-corrected chi connectivity index (χ4v) is 8.32. The number of phenols is 1. The van der Waals surface area contributed by atoms with Crippen LogP contribution in [-0.2, 0) is 23.8 Å². The molecule has 0 unspecified atom stereocenters. The lowest BCUT2D eigenvalue weighted by Crippen LogP contribution is -2.47. The van der Waals surface area contributed by atoms with Gasteiger partial charge in [0.15, 0.2) is 5.78 Å². The molecule has 0 saturated carbocycles. The maximum Gasteiger partial charge on any atom is 0.312 e. The molecule has 1 amide bonds. The van der Waals surface area contributed by atoms with E-state index in [0.29, 0.717) is 32.2 Å². The molecule has 1 aliphatic carbocycles. The van der Waals surface area contributed by atoms with Crippen molar-refractivity contribution in [2.75, 3.05) is 33.3 Å². The summed E-state index contributed by atoms with van der Waals surface area (Å²) in [4.78, 5) is 72.0. The zero-order valence-corrected chi connectivity index (χ0v) is 36.8. The highest BCUT2D eigenvalue weighted by atomic mass is 16.7. The monoisotopic (exact) mass is 848 g/mol. The van der Waals surface area contributed by atoms with Crippen molar-refractivity contribution < 1.29 is 58.2 Å². The van der Waals surface area contributed by atoms with Gasteiger partial charge in [0.05, 0.1) is 53.1 Å². The Bertz CT molecular complexity index is 2080. The van der Waals surface area contributed by atoms with Crippen molar-refractivity contribution in [3.05, 3.63) is 69.7 Å². The Morgan fingerprint density at radius 2 is 1.61 bits per heavy atom. The summed E-state index contributed by atoms with van der Waals surface area (Å²) in [6.07, 6.45) is 4.59.